The molecule has 7 heteroatoms. The maximum atomic E-state index is 14.0. The van der Waals surface area contributed by atoms with Crippen molar-refractivity contribution in [2.75, 3.05) is 26.2 Å². The van der Waals surface area contributed by atoms with Crippen LogP contribution >= 0.6 is 0 Å². The number of carbonyl (C=O) groups excluding carboxylic acids is 1. The normalized spacial score (nSPS) is 15.2. The van der Waals surface area contributed by atoms with E-state index in [-0.39, 0.29) is 37.0 Å². The summed E-state index contributed by atoms with van der Waals surface area (Å²) in [7, 11) is -3.94. The molecule has 3 aromatic rings. The molecule has 154 valence electrons. The summed E-state index contributed by atoms with van der Waals surface area (Å²) in [5.41, 5.74) is 2.36. The van der Waals surface area contributed by atoms with E-state index < -0.39 is 15.8 Å². The van der Waals surface area contributed by atoms with Crippen LogP contribution in [0.15, 0.2) is 83.8 Å². The molecule has 0 bridgehead atoms. The fraction of sp³-hybridized carbons (Fsp3) is 0.174. The lowest BCUT2D eigenvalue weighted by molar-refractivity contribution is 0.0698. The second-order valence-electron chi connectivity index (χ2n) is 7.04. The van der Waals surface area contributed by atoms with Crippen molar-refractivity contribution in [2.45, 2.75) is 4.90 Å². The Balaban J connectivity index is 1.52. The van der Waals surface area contributed by atoms with Gasteiger partial charge in [0.15, 0.2) is 0 Å². The Morgan fingerprint density at radius 1 is 0.767 bits per heavy atom. The molecule has 4 rings (SSSR count). The number of rotatable bonds is 4. The first-order valence-corrected chi connectivity index (χ1v) is 11.1. The second-order valence-corrected chi connectivity index (χ2v) is 8.94. The Bertz CT molecular complexity index is 1160. The predicted octanol–water partition coefficient (Wildman–Crippen LogP) is 3.64. The lowest BCUT2D eigenvalue weighted by Crippen LogP contribution is -2.50. The zero-order valence-corrected chi connectivity index (χ0v) is 17.1. The van der Waals surface area contributed by atoms with Crippen LogP contribution in [0.4, 0.5) is 4.39 Å². The summed E-state index contributed by atoms with van der Waals surface area (Å²) in [5, 5.41) is 0. The number of piperazine rings is 1. The van der Waals surface area contributed by atoms with E-state index in [2.05, 4.69) is 0 Å². The van der Waals surface area contributed by atoms with E-state index in [0.717, 1.165) is 17.2 Å². The van der Waals surface area contributed by atoms with Crippen molar-refractivity contribution >= 4 is 15.9 Å². The first kappa shape index (κ1) is 20.3. The number of hydrogen-bond acceptors (Lipinski definition) is 3. The van der Waals surface area contributed by atoms with Gasteiger partial charge in [0.2, 0.25) is 10.0 Å². The summed E-state index contributed by atoms with van der Waals surface area (Å²) < 4.78 is 40.8. The van der Waals surface area contributed by atoms with Gasteiger partial charge >= 0.3 is 0 Å². The van der Waals surface area contributed by atoms with Crippen LogP contribution in [0.2, 0.25) is 0 Å². The summed E-state index contributed by atoms with van der Waals surface area (Å²) in [5.74, 6) is -0.912. The van der Waals surface area contributed by atoms with Crippen molar-refractivity contribution in [3.8, 4) is 11.1 Å². The molecule has 1 amide bonds. The van der Waals surface area contributed by atoms with Gasteiger partial charge in [-0.25, -0.2) is 12.8 Å². The lowest BCUT2D eigenvalue weighted by Gasteiger charge is -2.34. The van der Waals surface area contributed by atoms with Crippen LogP contribution in [-0.2, 0) is 10.0 Å². The van der Waals surface area contributed by atoms with Gasteiger partial charge in [0, 0.05) is 31.7 Å². The van der Waals surface area contributed by atoms with Crippen LogP contribution in [-0.4, -0.2) is 49.7 Å². The molecular weight excluding hydrogens is 403 g/mol. The maximum Gasteiger partial charge on any atom is 0.254 e. The molecule has 1 aliphatic heterocycles. The highest BCUT2D eigenvalue weighted by molar-refractivity contribution is 7.89. The molecule has 30 heavy (non-hydrogen) atoms. The van der Waals surface area contributed by atoms with Crippen molar-refractivity contribution in [3.05, 3.63) is 90.2 Å². The molecule has 0 radical (unpaired) electrons. The monoisotopic (exact) mass is 424 g/mol. The highest BCUT2D eigenvalue weighted by atomic mass is 32.2. The molecule has 0 unspecified atom stereocenters. The van der Waals surface area contributed by atoms with Crippen LogP contribution in [0.3, 0.4) is 0 Å². The Labute approximate surface area is 175 Å². The van der Waals surface area contributed by atoms with Crippen molar-refractivity contribution in [1.29, 1.82) is 0 Å². The summed E-state index contributed by atoms with van der Waals surface area (Å²) in [6.45, 7) is 0.733. The Kier molecular flexibility index (Phi) is 5.65. The van der Waals surface area contributed by atoms with Crippen LogP contribution in [0.1, 0.15) is 10.4 Å². The minimum Gasteiger partial charge on any atom is -0.336 e. The Hall–Kier alpha value is -3.03. The number of halogens is 1. The molecule has 1 aliphatic rings. The van der Waals surface area contributed by atoms with Crippen molar-refractivity contribution in [3.63, 3.8) is 0 Å². The fourth-order valence-corrected chi connectivity index (χ4v) is 5.12. The number of hydrogen-bond donors (Lipinski definition) is 0. The highest BCUT2D eigenvalue weighted by Crippen LogP contribution is 2.26. The number of nitrogens with zero attached hydrogens (tertiary/aromatic N) is 2. The quantitative estimate of drug-likeness (QED) is 0.643. The molecule has 5 nitrogen and oxygen atoms in total. The lowest BCUT2D eigenvalue weighted by atomic mass is 9.99. The van der Waals surface area contributed by atoms with E-state index in [4.69, 9.17) is 0 Å². The average Bonchev–Trinajstić information content (AvgIpc) is 2.79. The summed E-state index contributed by atoms with van der Waals surface area (Å²) in [6.07, 6.45) is 0. The van der Waals surface area contributed by atoms with E-state index in [1.54, 1.807) is 11.0 Å². The third-order valence-electron chi connectivity index (χ3n) is 5.22. The van der Waals surface area contributed by atoms with Gasteiger partial charge in [-0.15, -0.1) is 0 Å². The van der Waals surface area contributed by atoms with Gasteiger partial charge in [0.1, 0.15) is 10.7 Å². The molecule has 1 saturated heterocycles. The zero-order valence-electron chi connectivity index (χ0n) is 16.2. The molecule has 3 aromatic carbocycles. The predicted molar refractivity (Wildman–Crippen MR) is 113 cm³/mol. The van der Waals surface area contributed by atoms with E-state index in [1.165, 1.54) is 22.5 Å². The third-order valence-corrected chi connectivity index (χ3v) is 7.15. The van der Waals surface area contributed by atoms with E-state index >= 15 is 0 Å². The topological polar surface area (TPSA) is 57.7 Å². The molecule has 0 N–H and O–H groups in total. The minimum absolute atomic E-state index is 0.121. The van der Waals surface area contributed by atoms with E-state index in [9.17, 15) is 17.6 Å². The molecular formula is C23H21FN2O3S. The number of sulfonamides is 1. The van der Waals surface area contributed by atoms with Gasteiger partial charge in [-0.1, -0.05) is 60.7 Å². The largest absolute Gasteiger partial charge is 0.336 e. The second kappa shape index (κ2) is 8.38. The van der Waals surface area contributed by atoms with Gasteiger partial charge in [-0.2, -0.15) is 4.31 Å². The maximum absolute atomic E-state index is 14.0. The van der Waals surface area contributed by atoms with E-state index in [0.29, 0.717) is 5.56 Å². The van der Waals surface area contributed by atoms with Gasteiger partial charge in [0.05, 0.1) is 0 Å². The zero-order chi connectivity index (χ0) is 21.1. The summed E-state index contributed by atoms with van der Waals surface area (Å²) in [6, 6.07) is 22.4. The van der Waals surface area contributed by atoms with E-state index in [1.807, 2.05) is 48.5 Å². The molecule has 0 saturated carbocycles. The van der Waals surface area contributed by atoms with Crippen LogP contribution in [0, 0.1) is 5.82 Å². The number of amides is 1. The smallest absolute Gasteiger partial charge is 0.254 e. The number of carbonyl (C=O) groups is 1. The van der Waals surface area contributed by atoms with Gasteiger partial charge in [-0.3, -0.25) is 4.79 Å². The van der Waals surface area contributed by atoms with Crippen molar-refractivity contribution in [1.82, 2.24) is 9.21 Å². The first-order valence-electron chi connectivity index (χ1n) is 9.67. The molecule has 0 aromatic heterocycles. The Morgan fingerprint density at radius 2 is 1.37 bits per heavy atom. The van der Waals surface area contributed by atoms with Crippen LogP contribution < -0.4 is 0 Å². The van der Waals surface area contributed by atoms with Crippen molar-refractivity contribution in [2.24, 2.45) is 0 Å². The molecule has 1 heterocycles. The van der Waals surface area contributed by atoms with Gasteiger partial charge < -0.3 is 4.90 Å². The third kappa shape index (κ3) is 3.86. The molecule has 0 spiro atoms. The minimum atomic E-state index is -3.94. The molecule has 1 fully saturated rings. The van der Waals surface area contributed by atoms with Crippen LogP contribution in [0.25, 0.3) is 11.1 Å². The van der Waals surface area contributed by atoms with Gasteiger partial charge in [0.25, 0.3) is 5.91 Å². The number of benzene rings is 3. The van der Waals surface area contributed by atoms with Crippen LogP contribution in [0.5, 0.6) is 0 Å². The summed E-state index contributed by atoms with van der Waals surface area (Å²) in [4.78, 5) is 14.5. The molecule has 0 aliphatic carbocycles. The Morgan fingerprint density at radius 3 is 2.07 bits per heavy atom. The van der Waals surface area contributed by atoms with Gasteiger partial charge in [-0.05, 0) is 29.3 Å². The SMILES string of the molecule is O=C(c1ccccc1-c1ccccc1)N1CCN(S(=O)(=O)c2ccccc2F)CC1. The standard InChI is InChI=1S/C23H21FN2O3S/c24-21-12-6-7-13-22(21)30(28,29)26-16-14-25(15-17-26)23(27)20-11-5-4-10-19(20)18-8-2-1-3-9-18/h1-13H,14-17H2. The van der Waals surface area contributed by atoms with Crippen molar-refractivity contribution < 1.29 is 17.6 Å². The first-order chi connectivity index (χ1) is 14.5. The average molecular weight is 424 g/mol. The molecule has 0 atom stereocenters. The fourth-order valence-electron chi connectivity index (χ4n) is 3.63. The highest BCUT2D eigenvalue weighted by Gasteiger charge is 2.32. The summed E-state index contributed by atoms with van der Waals surface area (Å²) >= 11 is 0.